The lowest BCUT2D eigenvalue weighted by Gasteiger charge is -2.37. The Morgan fingerprint density at radius 1 is 1.18 bits per heavy atom. The van der Waals surface area contributed by atoms with E-state index in [-0.39, 0.29) is 6.61 Å². The molecule has 0 radical (unpaired) electrons. The van der Waals surface area contributed by atoms with Gasteiger partial charge in [0.2, 0.25) is 0 Å². The van der Waals surface area contributed by atoms with Gasteiger partial charge < -0.3 is 14.6 Å². The van der Waals surface area contributed by atoms with Crippen molar-refractivity contribution in [1.29, 1.82) is 0 Å². The summed E-state index contributed by atoms with van der Waals surface area (Å²) in [7, 11) is 1.80. The minimum Gasteiger partial charge on any atom is -0.482 e. The topological polar surface area (TPSA) is 93.9 Å². The molecule has 2 aromatic carbocycles. The van der Waals surface area contributed by atoms with Crippen LogP contribution in [0, 0.1) is 6.92 Å². The third-order valence-corrected chi connectivity index (χ3v) is 5.81. The van der Waals surface area contributed by atoms with E-state index in [4.69, 9.17) is 26.2 Å². The Morgan fingerprint density at radius 2 is 1.97 bits per heavy atom. The molecular formula is C24H24ClN3O5. The fourth-order valence-electron chi connectivity index (χ4n) is 4.12. The van der Waals surface area contributed by atoms with Crippen LogP contribution in [0.5, 0.6) is 5.75 Å². The first-order valence-corrected chi connectivity index (χ1v) is 10.9. The molecule has 0 spiro atoms. The molecule has 1 N–H and O–H groups in total. The van der Waals surface area contributed by atoms with Crippen LogP contribution in [-0.4, -0.2) is 45.0 Å². The number of nitrogens with zero attached hydrogens (tertiary/aromatic N) is 3. The average Bonchev–Trinajstić information content (AvgIpc) is 3.12. The van der Waals surface area contributed by atoms with Crippen molar-refractivity contribution in [2.24, 2.45) is 7.05 Å². The number of aryl methyl sites for hydroxylation is 2. The van der Waals surface area contributed by atoms with Crippen molar-refractivity contribution in [2.45, 2.75) is 26.0 Å². The van der Waals surface area contributed by atoms with Gasteiger partial charge in [0, 0.05) is 24.2 Å². The molecule has 1 atom stereocenters. The number of benzene rings is 2. The number of aromatic nitrogens is 2. The molecule has 8 nitrogen and oxygen atoms in total. The number of hydrogen-bond donors (Lipinski definition) is 1. The van der Waals surface area contributed by atoms with Crippen LogP contribution in [-0.2, 0) is 29.6 Å². The standard InChI is InChI=1S/C24H24ClN3O5/c1-15-11-18(27(2)26-15)13-33-24(31)28-10-9-16-5-3-4-6-19(16)23(28)20-12-17(25)7-8-21(20)32-14-22(29)30/h3-8,11-12,23H,9-10,13-14H2,1-2H3,(H,29,30)/t23-/m0/s1. The van der Waals surface area contributed by atoms with Crippen LogP contribution >= 0.6 is 11.6 Å². The normalized spacial score (nSPS) is 15.1. The van der Waals surface area contributed by atoms with Gasteiger partial charge in [0.25, 0.3) is 0 Å². The number of carboxylic acids is 1. The van der Waals surface area contributed by atoms with Crippen molar-refractivity contribution in [1.82, 2.24) is 14.7 Å². The zero-order valence-corrected chi connectivity index (χ0v) is 19.1. The van der Waals surface area contributed by atoms with Gasteiger partial charge in [0.1, 0.15) is 12.4 Å². The van der Waals surface area contributed by atoms with Crippen molar-refractivity contribution in [3.8, 4) is 5.75 Å². The smallest absolute Gasteiger partial charge is 0.410 e. The van der Waals surface area contributed by atoms with E-state index in [1.807, 2.05) is 37.3 Å². The van der Waals surface area contributed by atoms with E-state index in [1.165, 1.54) is 0 Å². The lowest BCUT2D eigenvalue weighted by atomic mass is 9.88. The average molecular weight is 470 g/mol. The molecule has 1 aliphatic heterocycles. The summed E-state index contributed by atoms with van der Waals surface area (Å²) in [6.07, 6.45) is 0.177. The minimum absolute atomic E-state index is 0.0823. The first-order valence-electron chi connectivity index (χ1n) is 10.5. The SMILES string of the molecule is Cc1cc(COC(=O)N2CCc3ccccc3[C@H]2c2cc(Cl)ccc2OCC(=O)O)n(C)n1. The Kier molecular flexibility index (Phi) is 6.55. The van der Waals surface area contributed by atoms with Crippen LogP contribution in [0.3, 0.4) is 0 Å². The molecule has 33 heavy (non-hydrogen) atoms. The number of aliphatic carboxylic acids is 1. The van der Waals surface area contributed by atoms with Crippen LogP contribution in [0.15, 0.2) is 48.5 Å². The molecule has 0 bridgehead atoms. The number of fused-ring (bicyclic) bond motifs is 1. The first kappa shape index (κ1) is 22.7. The summed E-state index contributed by atoms with van der Waals surface area (Å²) in [6, 6.07) is 14.1. The van der Waals surface area contributed by atoms with Crippen LogP contribution in [0.1, 0.15) is 34.1 Å². The number of halogens is 1. The summed E-state index contributed by atoms with van der Waals surface area (Å²) < 4.78 is 12.9. The van der Waals surface area contributed by atoms with Crippen molar-refractivity contribution in [2.75, 3.05) is 13.2 Å². The molecule has 1 aliphatic rings. The Bertz CT molecular complexity index is 1190. The summed E-state index contributed by atoms with van der Waals surface area (Å²) in [6.45, 7) is 1.88. The van der Waals surface area contributed by atoms with E-state index in [0.29, 0.717) is 29.3 Å². The number of ether oxygens (including phenoxy) is 2. The number of hydrogen-bond acceptors (Lipinski definition) is 5. The Labute approximate surface area is 196 Å². The molecule has 1 aromatic heterocycles. The largest absolute Gasteiger partial charge is 0.482 e. The lowest BCUT2D eigenvalue weighted by molar-refractivity contribution is -0.139. The van der Waals surface area contributed by atoms with Gasteiger partial charge in [-0.2, -0.15) is 5.10 Å². The Balaban J connectivity index is 1.69. The number of rotatable bonds is 6. The van der Waals surface area contributed by atoms with Crippen molar-refractivity contribution in [3.63, 3.8) is 0 Å². The number of carbonyl (C=O) groups excluding carboxylic acids is 1. The van der Waals surface area contributed by atoms with Gasteiger partial charge in [0.05, 0.1) is 17.4 Å². The van der Waals surface area contributed by atoms with Gasteiger partial charge in [-0.1, -0.05) is 35.9 Å². The van der Waals surface area contributed by atoms with E-state index in [1.54, 1.807) is 34.8 Å². The summed E-state index contributed by atoms with van der Waals surface area (Å²) in [5, 5.41) is 13.8. The highest BCUT2D eigenvalue weighted by Crippen LogP contribution is 2.40. The molecule has 4 rings (SSSR count). The molecule has 0 saturated heterocycles. The van der Waals surface area contributed by atoms with Gasteiger partial charge in [-0.25, -0.2) is 9.59 Å². The zero-order chi connectivity index (χ0) is 23.5. The lowest BCUT2D eigenvalue weighted by Crippen LogP contribution is -2.41. The summed E-state index contributed by atoms with van der Waals surface area (Å²) in [5.74, 6) is -0.744. The third kappa shape index (κ3) is 4.96. The molecule has 9 heteroatoms. The quantitative estimate of drug-likeness (QED) is 0.583. The van der Waals surface area contributed by atoms with Crippen molar-refractivity contribution >= 4 is 23.7 Å². The van der Waals surface area contributed by atoms with Gasteiger partial charge in [-0.3, -0.25) is 9.58 Å². The predicted octanol–water partition coefficient (Wildman–Crippen LogP) is 4.13. The fourth-order valence-corrected chi connectivity index (χ4v) is 4.30. The maximum atomic E-state index is 13.3. The van der Waals surface area contributed by atoms with Crippen molar-refractivity contribution in [3.05, 3.63) is 81.6 Å². The second-order valence-electron chi connectivity index (χ2n) is 7.86. The van der Waals surface area contributed by atoms with E-state index in [9.17, 15) is 9.59 Å². The summed E-state index contributed by atoms with van der Waals surface area (Å²) in [5.41, 5.74) is 4.23. The van der Waals surface area contributed by atoms with Gasteiger partial charge in [-0.15, -0.1) is 0 Å². The second kappa shape index (κ2) is 9.54. The molecular weight excluding hydrogens is 446 g/mol. The van der Waals surface area contributed by atoms with E-state index < -0.39 is 24.7 Å². The van der Waals surface area contributed by atoms with Crippen LogP contribution in [0.4, 0.5) is 4.79 Å². The Morgan fingerprint density at radius 3 is 2.70 bits per heavy atom. The molecule has 3 aromatic rings. The third-order valence-electron chi connectivity index (χ3n) is 5.58. The van der Waals surface area contributed by atoms with Gasteiger partial charge in [0.15, 0.2) is 6.61 Å². The second-order valence-corrected chi connectivity index (χ2v) is 8.30. The molecule has 2 heterocycles. The fraction of sp³-hybridized carbons (Fsp3) is 0.292. The number of amides is 1. The van der Waals surface area contributed by atoms with Gasteiger partial charge in [-0.05, 0) is 48.7 Å². The molecule has 0 fully saturated rings. The summed E-state index contributed by atoms with van der Waals surface area (Å²) in [4.78, 5) is 26.0. The van der Waals surface area contributed by atoms with Crippen LogP contribution < -0.4 is 4.74 Å². The highest BCUT2D eigenvalue weighted by atomic mass is 35.5. The highest BCUT2D eigenvalue weighted by molar-refractivity contribution is 6.30. The maximum absolute atomic E-state index is 13.3. The highest BCUT2D eigenvalue weighted by Gasteiger charge is 2.35. The molecule has 0 saturated carbocycles. The molecule has 0 aliphatic carbocycles. The van der Waals surface area contributed by atoms with Gasteiger partial charge >= 0.3 is 12.1 Å². The first-order chi connectivity index (χ1) is 15.8. The molecule has 1 amide bonds. The summed E-state index contributed by atoms with van der Waals surface area (Å²) >= 11 is 6.30. The van der Waals surface area contributed by atoms with Crippen LogP contribution in [0.2, 0.25) is 5.02 Å². The monoisotopic (exact) mass is 469 g/mol. The predicted molar refractivity (Wildman–Crippen MR) is 121 cm³/mol. The maximum Gasteiger partial charge on any atom is 0.410 e. The number of carboxylic acid groups (broad SMARTS) is 1. The van der Waals surface area contributed by atoms with Crippen LogP contribution in [0.25, 0.3) is 0 Å². The minimum atomic E-state index is -1.09. The molecule has 0 unspecified atom stereocenters. The van der Waals surface area contributed by atoms with E-state index in [0.717, 1.165) is 22.5 Å². The number of carbonyl (C=O) groups is 2. The van der Waals surface area contributed by atoms with E-state index >= 15 is 0 Å². The zero-order valence-electron chi connectivity index (χ0n) is 18.3. The molecule has 172 valence electrons. The Hall–Kier alpha value is -3.52. The van der Waals surface area contributed by atoms with Crippen molar-refractivity contribution < 1.29 is 24.2 Å². The van der Waals surface area contributed by atoms with E-state index in [2.05, 4.69) is 5.10 Å².